The number of rotatable bonds is 4. The van der Waals surface area contributed by atoms with Gasteiger partial charge in [0.15, 0.2) is 17.8 Å². The van der Waals surface area contributed by atoms with Crippen molar-refractivity contribution in [2.24, 2.45) is 0 Å². The molecule has 1 atom stereocenters. The molecular formula is C25H19ClN2O3S2. The average molecular weight is 495 g/mol. The van der Waals surface area contributed by atoms with Crippen molar-refractivity contribution in [2.75, 3.05) is 15.7 Å². The van der Waals surface area contributed by atoms with E-state index in [1.165, 1.54) is 17.8 Å². The Balaban J connectivity index is 1.58. The van der Waals surface area contributed by atoms with Crippen molar-refractivity contribution in [3.8, 4) is 5.75 Å². The molecule has 1 saturated heterocycles. The van der Waals surface area contributed by atoms with Crippen LogP contribution in [0.1, 0.15) is 10.4 Å². The summed E-state index contributed by atoms with van der Waals surface area (Å²) < 4.78 is 6.12. The number of nitrogens with zero attached hydrogens (tertiary/aromatic N) is 2. The van der Waals surface area contributed by atoms with Gasteiger partial charge in [-0.2, -0.15) is 12.6 Å². The fourth-order valence-electron chi connectivity index (χ4n) is 3.73. The van der Waals surface area contributed by atoms with Gasteiger partial charge in [-0.15, -0.1) is 0 Å². The maximum atomic E-state index is 13.0. The Morgan fingerprint density at radius 3 is 2.48 bits per heavy atom. The zero-order valence-corrected chi connectivity index (χ0v) is 19.7. The number of fused-ring (bicyclic) bond motifs is 1. The highest BCUT2D eigenvalue weighted by atomic mass is 35.5. The lowest BCUT2D eigenvalue weighted by Gasteiger charge is -2.24. The number of anilines is 2. The van der Waals surface area contributed by atoms with E-state index in [9.17, 15) is 9.90 Å². The number of allylic oxidation sites excluding steroid dienone is 1. The van der Waals surface area contributed by atoms with E-state index in [1.54, 1.807) is 29.2 Å². The highest BCUT2D eigenvalue weighted by Gasteiger charge is 2.40. The Hall–Kier alpha value is -2.84. The predicted octanol–water partition coefficient (Wildman–Crippen LogP) is 5.89. The predicted molar refractivity (Wildman–Crippen MR) is 137 cm³/mol. The van der Waals surface area contributed by atoms with Crippen LogP contribution in [-0.2, 0) is 0 Å². The largest absolute Gasteiger partial charge is 0.438 e. The molecule has 0 spiro atoms. The molecule has 2 heterocycles. The van der Waals surface area contributed by atoms with E-state index in [2.05, 4.69) is 12.6 Å². The molecule has 33 heavy (non-hydrogen) atoms. The number of halogens is 1. The Bertz CT molecular complexity index is 1260. The molecule has 0 aromatic heterocycles. The second-order valence-electron chi connectivity index (χ2n) is 7.34. The first-order valence-corrected chi connectivity index (χ1v) is 12.0. The molecule has 8 heteroatoms. The lowest BCUT2D eigenvalue weighted by Crippen LogP contribution is -2.31. The molecule has 1 N–H and O–H groups in total. The van der Waals surface area contributed by atoms with E-state index in [0.717, 1.165) is 11.4 Å². The molecular weight excluding hydrogens is 476 g/mol. The number of aliphatic hydroxyl groups excluding tert-OH is 1. The number of ketones is 1. The minimum Gasteiger partial charge on any atom is -0.438 e. The maximum absolute atomic E-state index is 13.0. The van der Waals surface area contributed by atoms with Gasteiger partial charge in [-0.25, -0.2) is 0 Å². The zero-order chi connectivity index (χ0) is 22.9. The number of aliphatic hydroxyl groups is 1. The van der Waals surface area contributed by atoms with Crippen LogP contribution in [0.15, 0.2) is 101 Å². The summed E-state index contributed by atoms with van der Waals surface area (Å²) in [5, 5.41) is 12.5. The molecule has 0 aliphatic carbocycles. The summed E-state index contributed by atoms with van der Waals surface area (Å²) in [4.78, 5) is 17.2. The van der Waals surface area contributed by atoms with Crippen molar-refractivity contribution in [3.63, 3.8) is 0 Å². The third kappa shape index (κ3) is 4.13. The molecule has 0 radical (unpaired) electrons. The van der Waals surface area contributed by atoms with Gasteiger partial charge in [-0.05, 0) is 48.5 Å². The standard InChI is InChI=1S/C25H19ClN2O3S2/c26-17-12-10-16(11-13-17)20(29)14-22-28(18-6-2-1-3-7-18)24(30)23(33-22)25-27(15-32)19-8-4-5-9-21(19)31-25/h1-14,24,30,32H,15H2/b22-14-,25-23+. The molecule has 2 aliphatic heterocycles. The minimum absolute atomic E-state index is 0.185. The van der Waals surface area contributed by atoms with Gasteiger partial charge < -0.3 is 14.7 Å². The van der Waals surface area contributed by atoms with Gasteiger partial charge in [-0.1, -0.05) is 53.7 Å². The monoisotopic (exact) mass is 494 g/mol. The Morgan fingerprint density at radius 1 is 1.06 bits per heavy atom. The molecule has 0 bridgehead atoms. The van der Waals surface area contributed by atoms with E-state index in [-0.39, 0.29) is 5.78 Å². The van der Waals surface area contributed by atoms with Crippen molar-refractivity contribution >= 4 is 53.1 Å². The molecule has 1 unspecified atom stereocenters. The van der Waals surface area contributed by atoms with Crippen LogP contribution >= 0.6 is 36.0 Å². The number of carbonyl (C=O) groups excluding carboxylic acids is 1. The van der Waals surface area contributed by atoms with E-state index >= 15 is 0 Å². The van der Waals surface area contributed by atoms with E-state index in [4.69, 9.17) is 16.3 Å². The van der Waals surface area contributed by atoms with Crippen LogP contribution in [0.4, 0.5) is 11.4 Å². The van der Waals surface area contributed by atoms with Gasteiger partial charge in [0, 0.05) is 22.3 Å². The van der Waals surface area contributed by atoms with Crippen molar-refractivity contribution < 1.29 is 14.6 Å². The van der Waals surface area contributed by atoms with Crippen LogP contribution in [0.3, 0.4) is 0 Å². The number of thiol groups is 1. The highest BCUT2D eigenvalue weighted by molar-refractivity contribution is 8.07. The van der Waals surface area contributed by atoms with Crippen molar-refractivity contribution in [1.82, 2.24) is 0 Å². The Morgan fingerprint density at radius 2 is 1.76 bits per heavy atom. The fourth-order valence-corrected chi connectivity index (χ4v) is 5.28. The summed E-state index contributed by atoms with van der Waals surface area (Å²) in [7, 11) is 0. The van der Waals surface area contributed by atoms with Crippen molar-refractivity contribution in [1.29, 1.82) is 0 Å². The van der Waals surface area contributed by atoms with Gasteiger partial charge in [-0.3, -0.25) is 9.69 Å². The molecule has 1 fully saturated rings. The lowest BCUT2D eigenvalue weighted by molar-refractivity contribution is 0.104. The van der Waals surface area contributed by atoms with Crippen LogP contribution in [0.25, 0.3) is 0 Å². The first kappa shape index (κ1) is 22.0. The molecule has 3 aromatic carbocycles. The molecule has 0 saturated carbocycles. The molecule has 166 valence electrons. The second kappa shape index (κ2) is 9.19. The van der Waals surface area contributed by atoms with Crippen molar-refractivity contribution in [2.45, 2.75) is 6.23 Å². The Kier molecular flexibility index (Phi) is 6.12. The number of para-hydroxylation sites is 3. The quantitative estimate of drug-likeness (QED) is 0.268. The highest BCUT2D eigenvalue weighted by Crippen LogP contribution is 2.49. The van der Waals surface area contributed by atoms with Crippen LogP contribution in [0.2, 0.25) is 5.02 Å². The number of thioether (sulfide) groups is 1. The van der Waals surface area contributed by atoms with Crippen molar-refractivity contribution in [3.05, 3.63) is 111 Å². The van der Waals surface area contributed by atoms with Crippen LogP contribution in [0.5, 0.6) is 5.75 Å². The number of ether oxygens (including phenoxy) is 1. The first-order valence-electron chi connectivity index (χ1n) is 10.2. The van der Waals surface area contributed by atoms with Crippen LogP contribution in [-0.4, -0.2) is 23.0 Å². The summed E-state index contributed by atoms with van der Waals surface area (Å²) >= 11 is 11.7. The first-order chi connectivity index (χ1) is 16.1. The fraction of sp³-hybridized carbons (Fsp3) is 0.0800. The Labute approximate surface area is 206 Å². The van der Waals surface area contributed by atoms with E-state index in [0.29, 0.717) is 38.0 Å². The van der Waals surface area contributed by atoms with Gasteiger partial charge >= 0.3 is 0 Å². The topological polar surface area (TPSA) is 53.0 Å². The summed E-state index contributed by atoms with van der Waals surface area (Å²) in [6, 6.07) is 23.8. The lowest BCUT2D eigenvalue weighted by atomic mass is 10.1. The van der Waals surface area contributed by atoms with E-state index in [1.807, 2.05) is 59.5 Å². The van der Waals surface area contributed by atoms with Crippen LogP contribution in [0, 0.1) is 0 Å². The molecule has 0 amide bonds. The van der Waals surface area contributed by atoms with Gasteiger partial charge in [0.1, 0.15) is 4.91 Å². The normalized spacial score (nSPS) is 20.8. The number of carbonyl (C=O) groups is 1. The molecule has 5 rings (SSSR count). The minimum atomic E-state index is -1.03. The van der Waals surface area contributed by atoms with Gasteiger partial charge in [0.2, 0.25) is 5.88 Å². The zero-order valence-electron chi connectivity index (χ0n) is 17.3. The van der Waals surface area contributed by atoms with Gasteiger partial charge in [0.05, 0.1) is 16.6 Å². The molecule has 3 aromatic rings. The number of hydrogen-bond acceptors (Lipinski definition) is 7. The third-order valence-corrected chi connectivity index (χ3v) is 6.97. The maximum Gasteiger partial charge on any atom is 0.216 e. The summed E-state index contributed by atoms with van der Waals surface area (Å²) in [5.41, 5.74) is 2.15. The number of benzene rings is 3. The summed E-state index contributed by atoms with van der Waals surface area (Å²) in [5.74, 6) is 1.39. The SMILES string of the molecule is O=C(/C=C1\S/C(=C2/Oc3ccccc3N2CS)C(O)N1c1ccccc1)c1ccc(Cl)cc1. The summed E-state index contributed by atoms with van der Waals surface area (Å²) in [6.07, 6.45) is 0.499. The second-order valence-corrected chi connectivity index (χ2v) is 9.13. The molecule has 2 aliphatic rings. The summed E-state index contributed by atoms with van der Waals surface area (Å²) in [6.45, 7) is 0. The average Bonchev–Trinajstić information content (AvgIpc) is 3.36. The van der Waals surface area contributed by atoms with E-state index < -0.39 is 6.23 Å². The smallest absolute Gasteiger partial charge is 0.216 e. The number of hydrogen-bond donors (Lipinski definition) is 2. The van der Waals surface area contributed by atoms with Crippen LogP contribution < -0.4 is 14.5 Å². The van der Waals surface area contributed by atoms with Gasteiger partial charge in [0.25, 0.3) is 0 Å². The third-order valence-electron chi connectivity index (χ3n) is 5.31. The molecule has 5 nitrogen and oxygen atoms in total.